The van der Waals surface area contributed by atoms with E-state index in [2.05, 4.69) is 15.6 Å². The quantitative estimate of drug-likeness (QED) is 0.576. The number of carbonyl (C=O) groups is 1. The van der Waals surface area contributed by atoms with Gasteiger partial charge in [0.2, 0.25) is 5.91 Å². The predicted molar refractivity (Wildman–Crippen MR) is 71.8 cm³/mol. The average molecular weight is 266 g/mol. The number of pyridine rings is 1. The number of amides is 1. The van der Waals surface area contributed by atoms with Gasteiger partial charge in [0.25, 0.3) is 5.69 Å². The molecule has 1 rings (SSSR count). The third-order valence-electron chi connectivity index (χ3n) is 2.32. The Bertz CT molecular complexity index is 431. The van der Waals surface area contributed by atoms with Crippen molar-refractivity contribution in [2.24, 2.45) is 5.92 Å². The molecule has 1 aromatic rings. The Kier molecular flexibility index (Phi) is 5.72. The molecule has 0 aliphatic heterocycles. The first kappa shape index (κ1) is 14.9. The fraction of sp³-hybridized carbons (Fsp3) is 0.500. The van der Waals surface area contributed by atoms with Crippen LogP contribution >= 0.6 is 0 Å². The van der Waals surface area contributed by atoms with Gasteiger partial charge in [-0.15, -0.1) is 0 Å². The van der Waals surface area contributed by atoms with Crippen molar-refractivity contribution in [2.75, 3.05) is 18.4 Å². The fourth-order valence-corrected chi connectivity index (χ4v) is 1.31. The van der Waals surface area contributed by atoms with Crippen molar-refractivity contribution in [3.63, 3.8) is 0 Å². The second-order valence-electron chi connectivity index (χ2n) is 4.53. The second-order valence-corrected chi connectivity index (χ2v) is 4.53. The van der Waals surface area contributed by atoms with Gasteiger partial charge in [-0.1, -0.05) is 13.8 Å². The molecule has 7 heteroatoms. The minimum Gasteiger partial charge on any atom is -0.370 e. The van der Waals surface area contributed by atoms with Crippen LogP contribution in [0.15, 0.2) is 18.3 Å². The molecule has 1 amide bonds. The first-order valence-corrected chi connectivity index (χ1v) is 6.10. The SMILES string of the molecule is CC(C)CNC(=O)CCNc1ccc([N+](=O)[O-])cn1. The molecule has 0 fully saturated rings. The van der Waals surface area contributed by atoms with E-state index < -0.39 is 4.92 Å². The van der Waals surface area contributed by atoms with E-state index in [9.17, 15) is 14.9 Å². The Balaban J connectivity index is 2.29. The largest absolute Gasteiger partial charge is 0.370 e. The zero-order valence-electron chi connectivity index (χ0n) is 11.0. The van der Waals surface area contributed by atoms with Gasteiger partial charge in [-0.3, -0.25) is 14.9 Å². The van der Waals surface area contributed by atoms with Crippen molar-refractivity contribution >= 4 is 17.4 Å². The molecule has 0 spiro atoms. The van der Waals surface area contributed by atoms with Crippen molar-refractivity contribution in [3.05, 3.63) is 28.4 Å². The van der Waals surface area contributed by atoms with Gasteiger partial charge in [0, 0.05) is 25.6 Å². The third-order valence-corrected chi connectivity index (χ3v) is 2.32. The van der Waals surface area contributed by atoms with Crippen molar-refractivity contribution in [3.8, 4) is 0 Å². The van der Waals surface area contributed by atoms with Crippen LogP contribution in [0.1, 0.15) is 20.3 Å². The van der Waals surface area contributed by atoms with Gasteiger partial charge in [0.05, 0.1) is 4.92 Å². The van der Waals surface area contributed by atoms with Crippen molar-refractivity contribution in [2.45, 2.75) is 20.3 Å². The van der Waals surface area contributed by atoms with Gasteiger partial charge >= 0.3 is 0 Å². The minimum atomic E-state index is -0.504. The Labute approximate surface area is 111 Å². The maximum atomic E-state index is 11.4. The Morgan fingerprint density at radius 3 is 2.74 bits per heavy atom. The highest BCUT2D eigenvalue weighted by molar-refractivity contribution is 5.76. The molecule has 0 saturated carbocycles. The molecule has 0 aliphatic rings. The Morgan fingerprint density at radius 2 is 2.21 bits per heavy atom. The number of hydrogen-bond acceptors (Lipinski definition) is 5. The molecule has 0 bridgehead atoms. The number of nitrogens with zero attached hydrogens (tertiary/aromatic N) is 2. The highest BCUT2D eigenvalue weighted by Gasteiger charge is 2.05. The van der Waals surface area contributed by atoms with E-state index >= 15 is 0 Å². The first-order chi connectivity index (χ1) is 8.99. The Morgan fingerprint density at radius 1 is 1.47 bits per heavy atom. The van der Waals surface area contributed by atoms with Gasteiger partial charge < -0.3 is 10.6 Å². The van der Waals surface area contributed by atoms with Crippen molar-refractivity contribution in [1.82, 2.24) is 10.3 Å². The monoisotopic (exact) mass is 266 g/mol. The molecule has 0 aliphatic carbocycles. The molecule has 0 unspecified atom stereocenters. The number of aromatic nitrogens is 1. The van der Waals surface area contributed by atoms with Gasteiger partial charge in [0.1, 0.15) is 12.0 Å². The fourth-order valence-electron chi connectivity index (χ4n) is 1.31. The number of rotatable bonds is 7. The van der Waals surface area contributed by atoms with Crippen LogP contribution in [0.5, 0.6) is 0 Å². The number of carbonyl (C=O) groups excluding carboxylic acids is 1. The minimum absolute atomic E-state index is 0.0249. The number of nitrogens with one attached hydrogen (secondary N) is 2. The maximum absolute atomic E-state index is 11.4. The van der Waals surface area contributed by atoms with Crippen molar-refractivity contribution < 1.29 is 9.72 Å². The maximum Gasteiger partial charge on any atom is 0.287 e. The second kappa shape index (κ2) is 7.30. The standard InChI is InChI=1S/C12H18N4O3/c1-9(2)7-15-12(17)5-6-13-11-4-3-10(8-14-11)16(18)19/h3-4,8-9H,5-7H2,1-2H3,(H,13,14)(H,15,17). The van der Waals surface area contributed by atoms with Crippen molar-refractivity contribution in [1.29, 1.82) is 0 Å². The van der Waals surface area contributed by atoms with Gasteiger partial charge in [-0.05, 0) is 12.0 Å². The molecule has 0 atom stereocenters. The number of hydrogen-bond donors (Lipinski definition) is 2. The molecule has 19 heavy (non-hydrogen) atoms. The topological polar surface area (TPSA) is 97.2 Å². The first-order valence-electron chi connectivity index (χ1n) is 6.10. The normalized spacial score (nSPS) is 10.3. The summed E-state index contributed by atoms with van der Waals surface area (Å²) in [6.07, 6.45) is 1.52. The summed E-state index contributed by atoms with van der Waals surface area (Å²) < 4.78 is 0. The van der Waals surface area contributed by atoms with Crippen LogP contribution in [0.25, 0.3) is 0 Å². The lowest BCUT2D eigenvalue weighted by molar-refractivity contribution is -0.385. The molecule has 1 heterocycles. The van der Waals surface area contributed by atoms with Crippen LogP contribution < -0.4 is 10.6 Å². The summed E-state index contributed by atoms with van der Waals surface area (Å²) in [5.41, 5.74) is -0.0553. The molecular formula is C12H18N4O3. The lowest BCUT2D eigenvalue weighted by Crippen LogP contribution is -2.28. The Hall–Kier alpha value is -2.18. The molecule has 2 N–H and O–H groups in total. The molecule has 0 aromatic carbocycles. The number of anilines is 1. The van der Waals surface area contributed by atoms with E-state index in [1.54, 1.807) is 0 Å². The lowest BCUT2D eigenvalue weighted by Gasteiger charge is -2.08. The highest BCUT2D eigenvalue weighted by Crippen LogP contribution is 2.11. The summed E-state index contributed by atoms with van der Waals surface area (Å²) in [5.74, 6) is 0.915. The molecule has 7 nitrogen and oxygen atoms in total. The smallest absolute Gasteiger partial charge is 0.287 e. The molecule has 0 radical (unpaired) electrons. The third kappa shape index (κ3) is 5.80. The lowest BCUT2D eigenvalue weighted by atomic mass is 10.2. The zero-order valence-corrected chi connectivity index (χ0v) is 11.0. The van der Waals surface area contributed by atoms with E-state index in [1.165, 1.54) is 18.3 Å². The van der Waals surface area contributed by atoms with Crippen LogP contribution in [-0.4, -0.2) is 28.9 Å². The van der Waals surface area contributed by atoms with E-state index in [1.807, 2.05) is 13.8 Å². The van der Waals surface area contributed by atoms with E-state index in [4.69, 9.17) is 0 Å². The van der Waals surface area contributed by atoms with Gasteiger partial charge in [0.15, 0.2) is 0 Å². The summed E-state index contributed by atoms with van der Waals surface area (Å²) in [6.45, 7) is 5.15. The summed E-state index contributed by atoms with van der Waals surface area (Å²) in [7, 11) is 0. The van der Waals surface area contributed by atoms with Crippen LogP contribution in [0.3, 0.4) is 0 Å². The van der Waals surface area contributed by atoms with Crippen LogP contribution in [-0.2, 0) is 4.79 Å². The van der Waals surface area contributed by atoms with E-state index in [-0.39, 0.29) is 11.6 Å². The van der Waals surface area contributed by atoms with Gasteiger partial charge in [-0.2, -0.15) is 0 Å². The van der Waals surface area contributed by atoms with Crippen LogP contribution in [0.2, 0.25) is 0 Å². The summed E-state index contributed by atoms with van der Waals surface area (Å²) in [5, 5.41) is 16.2. The molecular weight excluding hydrogens is 248 g/mol. The average Bonchev–Trinajstić information content (AvgIpc) is 2.37. The number of nitro groups is 1. The molecule has 0 saturated heterocycles. The predicted octanol–water partition coefficient (Wildman–Crippen LogP) is 1.56. The summed E-state index contributed by atoms with van der Waals surface area (Å²) in [6, 6.07) is 2.89. The zero-order chi connectivity index (χ0) is 14.3. The van der Waals surface area contributed by atoms with Crippen LogP contribution in [0.4, 0.5) is 11.5 Å². The molecule has 1 aromatic heterocycles. The molecule has 104 valence electrons. The summed E-state index contributed by atoms with van der Waals surface area (Å²) >= 11 is 0. The van der Waals surface area contributed by atoms with E-state index in [0.717, 1.165) is 0 Å². The van der Waals surface area contributed by atoms with Crippen LogP contribution in [0, 0.1) is 16.0 Å². The highest BCUT2D eigenvalue weighted by atomic mass is 16.6. The summed E-state index contributed by atoms with van der Waals surface area (Å²) in [4.78, 5) is 25.2. The van der Waals surface area contributed by atoms with Gasteiger partial charge in [-0.25, -0.2) is 4.98 Å². The van der Waals surface area contributed by atoms with E-state index in [0.29, 0.717) is 31.2 Å².